The van der Waals surface area contributed by atoms with E-state index in [1.165, 1.54) is 0 Å². The van der Waals surface area contributed by atoms with Crippen molar-refractivity contribution in [3.05, 3.63) is 66.9 Å². The molecule has 148 valence electrons. The Morgan fingerprint density at radius 3 is 2.90 bits per heavy atom. The van der Waals surface area contributed by atoms with E-state index in [9.17, 15) is 4.79 Å². The molecule has 1 amide bonds. The first-order valence-corrected chi connectivity index (χ1v) is 9.73. The molecule has 29 heavy (non-hydrogen) atoms. The lowest BCUT2D eigenvalue weighted by Crippen LogP contribution is -2.29. The van der Waals surface area contributed by atoms with Crippen LogP contribution in [0.25, 0.3) is 22.3 Å². The van der Waals surface area contributed by atoms with E-state index >= 15 is 0 Å². The van der Waals surface area contributed by atoms with Gasteiger partial charge < -0.3 is 9.47 Å². The van der Waals surface area contributed by atoms with Crippen molar-refractivity contribution in [2.24, 2.45) is 5.92 Å². The van der Waals surface area contributed by atoms with Crippen molar-refractivity contribution in [1.82, 2.24) is 29.6 Å². The summed E-state index contributed by atoms with van der Waals surface area (Å²) in [6.45, 7) is 3.78. The molecule has 0 aromatic carbocycles. The average Bonchev–Trinajstić information content (AvgIpc) is 3.42. The molecule has 4 aromatic heterocycles. The van der Waals surface area contributed by atoms with Crippen LogP contribution in [0, 0.1) is 5.92 Å². The second kappa shape index (κ2) is 8.26. The molecule has 1 N–H and O–H groups in total. The van der Waals surface area contributed by atoms with Crippen molar-refractivity contribution in [1.29, 1.82) is 0 Å². The number of nitrogens with one attached hydrogen (secondary N) is 1. The number of amides is 1. The van der Waals surface area contributed by atoms with E-state index < -0.39 is 0 Å². The summed E-state index contributed by atoms with van der Waals surface area (Å²) in [6.07, 6.45) is 8.25. The number of rotatable bonds is 7. The quantitative estimate of drug-likeness (QED) is 0.524. The molecular formula is C22H24N6O. The van der Waals surface area contributed by atoms with E-state index in [1.54, 1.807) is 23.4 Å². The predicted molar refractivity (Wildman–Crippen MR) is 112 cm³/mol. The van der Waals surface area contributed by atoms with Crippen LogP contribution in [0.5, 0.6) is 0 Å². The summed E-state index contributed by atoms with van der Waals surface area (Å²) in [7, 11) is 1.83. The summed E-state index contributed by atoms with van der Waals surface area (Å²) in [5.41, 5.74) is 4.46. The zero-order valence-electron chi connectivity index (χ0n) is 16.6. The van der Waals surface area contributed by atoms with Crippen molar-refractivity contribution in [3.63, 3.8) is 0 Å². The summed E-state index contributed by atoms with van der Waals surface area (Å²) in [5, 5.41) is 6.81. The van der Waals surface area contributed by atoms with Crippen LogP contribution >= 0.6 is 0 Å². The van der Waals surface area contributed by atoms with Crippen LogP contribution in [-0.2, 0) is 6.54 Å². The molecule has 0 aliphatic heterocycles. The largest absolute Gasteiger partial charge is 0.346 e. The fraction of sp³-hybridized carbons (Fsp3) is 0.273. The molecular weight excluding hydrogens is 364 g/mol. The zero-order valence-corrected chi connectivity index (χ0v) is 16.6. The highest BCUT2D eigenvalue weighted by Crippen LogP contribution is 2.22. The number of aromatic nitrogens is 5. The number of carbonyl (C=O) groups is 1. The van der Waals surface area contributed by atoms with Gasteiger partial charge in [0.2, 0.25) is 0 Å². The molecule has 0 aliphatic rings. The first-order chi connectivity index (χ1) is 14.1. The second-order valence-corrected chi connectivity index (χ2v) is 7.39. The monoisotopic (exact) mass is 388 g/mol. The molecule has 1 unspecified atom stereocenters. The van der Waals surface area contributed by atoms with Gasteiger partial charge in [-0.1, -0.05) is 13.0 Å². The minimum absolute atomic E-state index is 0.0415. The van der Waals surface area contributed by atoms with Gasteiger partial charge in [0.05, 0.1) is 22.9 Å². The van der Waals surface area contributed by atoms with Gasteiger partial charge in [-0.25, -0.2) is 4.98 Å². The number of hydrogen-bond acceptors (Lipinski definition) is 4. The van der Waals surface area contributed by atoms with Crippen LogP contribution in [0.3, 0.4) is 0 Å². The number of aromatic amines is 1. The Hall–Kier alpha value is -3.48. The van der Waals surface area contributed by atoms with Gasteiger partial charge in [0.25, 0.3) is 5.91 Å². The first kappa shape index (κ1) is 18.9. The van der Waals surface area contributed by atoms with Gasteiger partial charge in [0.15, 0.2) is 0 Å². The lowest BCUT2D eigenvalue weighted by Gasteiger charge is -2.20. The summed E-state index contributed by atoms with van der Waals surface area (Å²) < 4.78 is 2.23. The van der Waals surface area contributed by atoms with E-state index in [-0.39, 0.29) is 5.91 Å². The molecule has 1 atom stereocenters. The van der Waals surface area contributed by atoms with Crippen LogP contribution < -0.4 is 0 Å². The highest BCUT2D eigenvalue weighted by atomic mass is 16.2. The minimum Gasteiger partial charge on any atom is -0.346 e. The molecule has 4 aromatic rings. The van der Waals surface area contributed by atoms with E-state index in [0.717, 1.165) is 35.3 Å². The summed E-state index contributed by atoms with van der Waals surface area (Å²) in [4.78, 5) is 23.0. The second-order valence-electron chi connectivity index (χ2n) is 7.39. The molecule has 0 saturated carbocycles. The zero-order chi connectivity index (χ0) is 20.2. The lowest BCUT2D eigenvalue weighted by molar-refractivity contribution is 0.0781. The van der Waals surface area contributed by atoms with Gasteiger partial charge in [0.1, 0.15) is 5.69 Å². The van der Waals surface area contributed by atoms with E-state index in [0.29, 0.717) is 18.2 Å². The van der Waals surface area contributed by atoms with Crippen LogP contribution in [-0.4, -0.2) is 49.1 Å². The third-order valence-corrected chi connectivity index (χ3v) is 5.11. The maximum atomic E-state index is 12.4. The van der Waals surface area contributed by atoms with Crippen molar-refractivity contribution < 1.29 is 4.79 Å². The molecule has 0 radical (unpaired) electrons. The number of nitrogens with zero attached hydrogens (tertiary/aromatic N) is 5. The van der Waals surface area contributed by atoms with Gasteiger partial charge in [-0.05, 0) is 42.7 Å². The van der Waals surface area contributed by atoms with Gasteiger partial charge in [-0.3, -0.25) is 14.9 Å². The number of pyridine rings is 2. The standard InChI is InChI=1S/C22H24N6O/c1-16(8-11-27(2)22(29)20-5-3-4-10-23-20)15-28-12-9-19-21(28)7-6-18(26-19)17-13-24-25-14-17/h3-7,9-10,12-14,16H,8,11,15H2,1-2H3,(H,24,25). The van der Waals surface area contributed by atoms with Gasteiger partial charge in [-0.2, -0.15) is 5.10 Å². The molecule has 0 saturated heterocycles. The minimum atomic E-state index is -0.0415. The number of fused-ring (bicyclic) bond motifs is 1. The van der Waals surface area contributed by atoms with Crippen LogP contribution in [0.1, 0.15) is 23.8 Å². The fourth-order valence-corrected chi connectivity index (χ4v) is 3.41. The lowest BCUT2D eigenvalue weighted by atomic mass is 10.1. The highest BCUT2D eigenvalue weighted by molar-refractivity contribution is 5.92. The Kier molecular flexibility index (Phi) is 5.37. The molecule has 0 bridgehead atoms. The molecule has 0 aliphatic carbocycles. The maximum Gasteiger partial charge on any atom is 0.272 e. The van der Waals surface area contributed by atoms with Crippen molar-refractivity contribution in [2.75, 3.05) is 13.6 Å². The first-order valence-electron chi connectivity index (χ1n) is 9.73. The van der Waals surface area contributed by atoms with Gasteiger partial charge in [0, 0.05) is 44.3 Å². The van der Waals surface area contributed by atoms with E-state index in [1.807, 2.05) is 37.5 Å². The Morgan fingerprint density at radius 2 is 2.14 bits per heavy atom. The average molecular weight is 388 g/mol. The normalized spacial score (nSPS) is 12.2. The van der Waals surface area contributed by atoms with Crippen LogP contribution in [0.2, 0.25) is 0 Å². The smallest absolute Gasteiger partial charge is 0.272 e. The fourth-order valence-electron chi connectivity index (χ4n) is 3.41. The Balaban J connectivity index is 1.37. The Morgan fingerprint density at radius 1 is 1.24 bits per heavy atom. The molecule has 7 nitrogen and oxygen atoms in total. The van der Waals surface area contributed by atoms with Crippen molar-refractivity contribution in [2.45, 2.75) is 19.9 Å². The number of H-pyrrole nitrogens is 1. The summed E-state index contributed by atoms with van der Waals surface area (Å²) in [6, 6.07) is 11.6. The molecule has 4 rings (SSSR count). The predicted octanol–water partition coefficient (Wildman–Crippen LogP) is 3.62. The Bertz CT molecular complexity index is 1090. The number of carbonyl (C=O) groups excluding carboxylic acids is 1. The SMILES string of the molecule is CC(CCN(C)C(=O)c1ccccn1)Cn1ccc2nc(-c3cn[nH]c3)ccc21. The summed E-state index contributed by atoms with van der Waals surface area (Å²) in [5.74, 6) is 0.373. The Labute approximate surface area is 169 Å². The molecule has 4 heterocycles. The van der Waals surface area contributed by atoms with Crippen molar-refractivity contribution >= 4 is 16.9 Å². The molecule has 0 fully saturated rings. The topological polar surface area (TPSA) is 79.7 Å². The molecule has 0 spiro atoms. The van der Waals surface area contributed by atoms with Gasteiger partial charge in [-0.15, -0.1) is 0 Å². The van der Waals surface area contributed by atoms with Crippen LogP contribution in [0.4, 0.5) is 0 Å². The van der Waals surface area contributed by atoms with Crippen LogP contribution in [0.15, 0.2) is 61.2 Å². The number of hydrogen-bond donors (Lipinski definition) is 1. The third kappa shape index (κ3) is 4.18. The summed E-state index contributed by atoms with van der Waals surface area (Å²) >= 11 is 0. The van der Waals surface area contributed by atoms with E-state index in [2.05, 4.69) is 38.9 Å². The van der Waals surface area contributed by atoms with Gasteiger partial charge >= 0.3 is 0 Å². The highest BCUT2D eigenvalue weighted by Gasteiger charge is 2.14. The molecule has 7 heteroatoms. The maximum absolute atomic E-state index is 12.4. The van der Waals surface area contributed by atoms with Crippen molar-refractivity contribution in [3.8, 4) is 11.3 Å². The van der Waals surface area contributed by atoms with E-state index in [4.69, 9.17) is 4.98 Å². The third-order valence-electron chi connectivity index (χ3n) is 5.11.